The fraction of sp³-hybridized carbons (Fsp3) is 0.314. The first-order valence-corrected chi connectivity index (χ1v) is 15.2. The van der Waals surface area contributed by atoms with Gasteiger partial charge in [0.1, 0.15) is 30.8 Å². The fourth-order valence-electron chi connectivity index (χ4n) is 5.43. The van der Waals surface area contributed by atoms with Gasteiger partial charge < -0.3 is 24.5 Å². The number of unbranched alkanes of at least 4 members (excludes halogenated alkanes) is 1. The van der Waals surface area contributed by atoms with Crippen LogP contribution in [0.5, 0.6) is 0 Å². The Bertz CT molecular complexity index is 1600. The van der Waals surface area contributed by atoms with E-state index in [4.69, 9.17) is 9.47 Å². The Morgan fingerprint density at radius 1 is 0.851 bits per heavy atom. The number of nitrogens with one attached hydrogen (secondary N) is 1. The van der Waals surface area contributed by atoms with Crippen molar-refractivity contribution in [3.63, 3.8) is 0 Å². The number of nitrogens with zero attached hydrogens (tertiary/aromatic N) is 3. The number of rotatable bonds is 13. The molecule has 0 saturated heterocycles. The number of ether oxygens (including phenoxy) is 2. The van der Waals surface area contributed by atoms with E-state index in [1.54, 1.807) is 54.9 Å². The van der Waals surface area contributed by atoms with Crippen molar-refractivity contribution in [2.45, 2.75) is 57.7 Å². The van der Waals surface area contributed by atoms with Crippen molar-refractivity contribution in [1.29, 1.82) is 0 Å². The second-order valence-electron chi connectivity index (χ2n) is 11.4. The molecule has 2 heterocycles. The van der Waals surface area contributed by atoms with Gasteiger partial charge in [0.15, 0.2) is 5.41 Å². The number of carbonyl (C=O) groups is 2. The average Bonchev–Trinajstić information content (AvgIpc) is 3.39. The van der Waals surface area contributed by atoms with Crippen LogP contribution in [0.15, 0.2) is 96.2 Å². The lowest BCUT2D eigenvalue weighted by atomic mass is 9.77. The Hall–Kier alpha value is -4.97. The highest BCUT2D eigenvalue weighted by Crippen LogP contribution is 2.36. The molecule has 0 bridgehead atoms. The largest absolute Gasteiger partial charge is 0.460 e. The minimum Gasteiger partial charge on any atom is -0.460 e. The predicted molar refractivity (Wildman–Crippen MR) is 168 cm³/mol. The summed E-state index contributed by atoms with van der Waals surface area (Å²) in [6.07, 6.45) is -1.68. The summed E-state index contributed by atoms with van der Waals surface area (Å²) >= 11 is 0. The number of aliphatic hydroxyl groups excluding tert-OH is 1. The van der Waals surface area contributed by atoms with Crippen LogP contribution < -0.4 is 5.32 Å². The number of aliphatic hydroxyl groups is 1. The molecule has 0 aliphatic carbocycles. The van der Waals surface area contributed by atoms with Crippen molar-refractivity contribution in [2.24, 2.45) is 10.4 Å². The molecule has 4 aromatic rings. The van der Waals surface area contributed by atoms with Crippen LogP contribution in [-0.2, 0) is 51.4 Å². The van der Waals surface area contributed by atoms with E-state index < -0.39 is 35.2 Å². The molecule has 0 fully saturated rings. The highest BCUT2D eigenvalue weighted by atomic mass is 19.4. The van der Waals surface area contributed by atoms with Crippen LogP contribution in [0.25, 0.3) is 0 Å². The number of benzene rings is 3. The zero-order chi connectivity index (χ0) is 33.3. The van der Waals surface area contributed by atoms with Gasteiger partial charge in [0.05, 0.1) is 24.8 Å². The van der Waals surface area contributed by atoms with Crippen LogP contribution in [0.4, 0.5) is 19.0 Å². The van der Waals surface area contributed by atoms with Crippen LogP contribution in [0.3, 0.4) is 0 Å². The van der Waals surface area contributed by atoms with E-state index in [0.29, 0.717) is 47.6 Å². The smallest absolute Gasteiger partial charge is 0.416 e. The molecule has 1 aliphatic heterocycles. The number of aromatic nitrogens is 2. The minimum absolute atomic E-state index is 0.00364. The number of hydrogen-bond acceptors (Lipinski definition) is 8. The van der Waals surface area contributed by atoms with Crippen molar-refractivity contribution in [1.82, 2.24) is 9.55 Å². The molecular weight excluding hydrogens is 613 g/mol. The van der Waals surface area contributed by atoms with Crippen LogP contribution >= 0.6 is 0 Å². The lowest BCUT2D eigenvalue weighted by Gasteiger charge is -2.30. The number of aliphatic imine (C=N–C) groups is 1. The van der Waals surface area contributed by atoms with Gasteiger partial charge >= 0.3 is 18.1 Å². The van der Waals surface area contributed by atoms with Crippen LogP contribution in [0.2, 0.25) is 0 Å². The molecule has 0 amide bonds. The van der Waals surface area contributed by atoms with Gasteiger partial charge in [0.2, 0.25) is 0 Å². The first-order valence-electron chi connectivity index (χ1n) is 15.2. The van der Waals surface area contributed by atoms with Crippen LogP contribution in [-0.4, -0.2) is 39.5 Å². The minimum atomic E-state index is -4.54. The topological polar surface area (TPSA) is 115 Å². The van der Waals surface area contributed by atoms with Crippen molar-refractivity contribution in [3.8, 4) is 0 Å². The maximum Gasteiger partial charge on any atom is 0.416 e. The number of aryl methyl sites for hydroxylation is 1. The van der Waals surface area contributed by atoms with Gasteiger partial charge in [-0.1, -0.05) is 72.8 Å². The Morgan fingerprint density at radius 3 is 2.02 bits per heavy atom. The molecule has 2 N–H and O–H groups in total. The number of esters is 2. The van der Waals surface area contributed by atoms with Gasteiger partial charge in [-0.2, -0.15) is 13.2 Å². The molecule has 1 unspecified atom stereocenters. The predicted octanol–water partition coefficient (Wildman–Crippen LogP) is 6.28. The summed E-state index contributed by atoms with van der Waals surface area (Å²) in [5.41, 5.74) is -0.455. The molecule has 9 nitrogen and oxygen atoms in total. The van der Waals surface area contributed by atoms with E-state index in [2.05, 4.69) is 15.3 Å². The molecule has 1 aromatic heterocycles. The number of alkyl halides is 3. The van der Waals surface area contributed by atoms with Crippen molar-refractivity contribution < 1.29 is 37.3 Å². The average molecular weight is 649 g/mol. The van der Waals surface area contributed by atoms with Crippen molar-refractivity contribution >= 4 is 24.1 Å². The summed E-state index contributed by atoms with van der Waals surface area (Å²) in [6.45, 7) is 0.415. The lowest BCUT2D eigenvalue weighted by molar-refractivity contribution is -0.175. The molecule has 0 spiro atoms. The third-order valence-corrected chi connectivity index (χ3v) is 8.00. The Kier molecular flexibility index (Phi) is 10.7. The molecule has 1 aliphatic rings. The van der Waals surface area contributed by atoms with Gasteiger partial charge in [-0.15, -0.1) is 0 Å². The zero-order valence-electron chi connectivity index (χ0n) is 25.5. The van der Waals surface area contributed by atoms with Gasteiger partial charge in [-0.05, 0) is 54.5 Å². The molecule has 246 valence electrons. The molecular formula is C35H35F3N4O5. The fourth-order valence-corrected chi connectivity index (χ4v) is 5.43. The van der Waals surface area contributed by atoms with Gasteiger partial charge in [0, 0.05) is 6.54 Å². The van der Waals surface area contributed by atoms with Gasteiger partial charge in [-0.25, -0.2) is 4.98 Å². The number of carbonyl (C=O) groups excluding carboxylic acids is 2. The third-order valence-electron chi connectivity index (χ3n) is 8.00. The van der Waals surface area contributed by atoms with E-state index in [1.165, 1.54) is 18.5 Å². The van der Waals surface area contributed by atoms with Crippen molar-refractivity contribution in [3.05, 3.63) is 119 Å². The number of imidazole rings is 1. The quantitative estimate of drug-likeness (QED) is 0.0997. The second-order valence-corrected chi connectivity index (χ2v) is 11.4. The molecule has 0 saturated carbocycles. The number of halogens is 3. The van der Waals surface area contributed by atoms with Crippen LogP contribution in [0, 0.1) is 5.41 Å². The molecule has 0 radical (unpaired) electrons. The normalized spacial score (nSPS) is 14.5. The first kappa shape index (κ1) is 33.4. The maximum absolute atomic E-state index is 14.0. The highest BCUT2D eigenvalue weighted by Gasteiger charge is 2.49. The Labute approximate surface area is 270 Å². The number of hydrogen-bond donors (Lipinski definition) is 2. The molecule has 5 rings (SSSR count). The van der Waals surface area contributed by atoms with Gasteiger partial charge in [0.25, 0.3) is 0 Å². The maximum atomic E-state index is 14.0. The summed E-state index contributed by atoms with van der Waals surface area (Å²) < 4.78 is 53.3. The molecule has 12 heteroatoms. The summed E-state index contributed by atoms with van der Waals surface area (Å²) in [5, 5.41) is 13.4. The van der Waals surface area contributed by atoms with E-state index in [-0.39, 0.29) is 32.6 Å². The number of anilines is 1. The lowest BCUT2D eigenvalue weighted by Crippen LogP contribution is -2.44. The van der Waals surface area contributed by atoms with E-state index in [0.717, 1.165) is 12.1 Å². The Balaban J connectivity index is 1.41. The van der Waals surface area contributed by atoms with E-state index in [1.807, 2.05) is 16.7 Å². The van der Waals surface area contributed by atoms with E-state index in [9.17, 15) is 27.9 Å². The van der Waals surface area contributed by atoms with Crippen LogP contribution in [0.1, 0.15) is 53.3 Å². The van der Waals surface area contributed by atoms with Crippen molar-refractivity contribution in [2.75, 3.05) is 11.9 Å². The Morgan fingerprint density at radius 2 is 1.45 bits per heavy atom. The van der Waals surface area contributed by atoms with E-state index >= 15 is 0 Å². The molecule has 47 heavy (non-hydrogen) atoms. The standard InChI is InChI=1S/C35H35F3N4O5/c36-35(37,38)28-15-13-25(14-16-28)19-34(32(44)46-21-26-9-3-1-4-10-26,33(45)47-22-27-11-5-2-6-12-27)17-7-8-18-42-24-41-30-29(43)20-39-23-40-31(30)42/h1-6,9-16,23-24,29,43H,7-8,17-22H2,(H,39,40). The monoisotopic (exact) mass is 648 g/mol. The number of fused-ring (bicyclic) bond motifs is 1. The summed E-state index contributed by atoms with van der Waals surface area (Å²) in [4.78, 5) is 36.5. The molecule has 1 atom stereocenters. The molecule has 3 aromatic carbocycles. The third kappa shape index (κ3) is 8.44. The van der Waals surface area contributed by atoms with Gasteiger partial charge in [-0.3, -0.25) is 14.6 Å². The zero-order valence-corrected chi connectivity index (χ0v) is 25.5. The summed E-state index contributed by atoms with van der Waals surface area (Å²) in [5.74, 6) is -1.05. The second kappa shape index (κ2) is 15.1. The summed E-state index contributed by atoms with van der Waals surface area (Å²) in [7, 11) is 0. The first-order chi connectivity index (χ1) is 22.7. The highest BCUT2D eigenvalue weighted by molar-refractivity contribution is 6.00. The SMILES string of the molecule is O=C(OCc1ccccc1)C(CCCCn1cnc2c1NC=NCC2O)(Cc1ccc(C(F)(F)F)cc1)C(=O)OCc1ccccc1. The summed E-state index contributed by atoms with van der Waals surface area (Å²) in [6, 6.07) is 22.3.